The van der Waals surface area contributed by atoms with Gasteiger partial charge in [0.1, 0.15) is 11.8 Å². The van der Waals surface area contributed by atoms with Crippen molar-refractivity contribution in [2.45, 2.75) is 25.4 Å². The Labute approximate surface area is 95.8 Å². The average molecular weight is 219 g/mol. The Balaban J connectivity index is 1.80. The molecule has 0 amide bonds. The van der Waals surface area contributed by atoms with Crippen molar-refractivity contribution in [3.63, 3.8) is 0 Å². The molecule has 0 aromatic carbocycles. The van der Waals surface area contributed by atoms with Crippen molar-refractivity contribution in [2.24, 2.45) is 0 Å². The topological polar surface area (TPSA) is 52.2 Å². The van der Waals surface area contributed by atoms with Gasteiger partial charge in [-0.15, -0.1) is 0 Å². The van der Waals surface area contributed by atoms with Gasteiger partial charge in [0.2, 0.25) is 5.76 Å². The van der Waals surface area contributed by atoms with Crippen LogP contribution in [0.25, 0.3) is 0 Å². The molecule has 0 saturated carbocycles. The molecule has 0 spiro atoms. The molecule has 1 atom stereocenters. The number of nitrogens with zero attached hydrogens (tertiary/aromatic N) is 2. The van der Waals surface area contributed by atoms with Gasteiger partial charge in [-0.3, -0.25) is 0 Å². The molecule has 1 saturated heterocycles. The van der Waals surface area contributed by atoms with Crippen LogP contribution in [-0.4, -0.2) is 31.1 Å². The SMILES string of the molecule is CN1CCCC(NCc2ccc(C#N)o2)C1. The van der Waals surface area contributed by atoms with Crippen molar-refractivity contribution in [2.75, 3.05) is 20.1 Å². The van der Waals surface area contributed by atoms with Gasteiger partial charge in [-0.25, -0.2) is 0 Å². The van der Waals surface area contributed by atoms with Gasteiger partial charge in [-0.2, -0.15) is 5.26 Å². The molecule has 1 aromatic rings. The molecule has 4 nitrogen and oxygen atoms in total. The lowest BCUT2D eigenvalue weighted by Crippen LogP contribution is -2.43. The zero-order chi connectivity index (χ0) is 11.4. The molecule has 1 fully saturated rings. The molecular formula is C12H17N3O. The van der Waals surface area contributed by atoms with Crippen molar-refractivity contribution >= 4 is 0 Å². The second-order valence-electron chi connectivity index (χ2n) is 4.36. The van der Waals surface area contributed by atoms with Gasteiger partial charge in [0.05, 0.1) is 6.54 Å². The van der Waals surface area contributed by atoms with E-state index >= 15 is 0 Å². The maximum Gasteiger partial charge on any atom is 0.203 e. The number of nitrogens with one attached hydrogen (secondary N) is 1. The number of rotatable bonds is 3. The third kappa shape index (κ3) is 2.84. The number of hydrogen-bond donors (Lipinski definition) is 1. The summed E-state index contributed by atoms with van der Waals surface area (Å²) in [6.45, 7) is 2.99. The van der Waals surface area contributed by atoms with Crippen molar-refractivity contribution < 1.29 is 4.42 Å². The first-order chi connectivity index (χ1) is 7.78. The van der Waals surface area contributed by atoms with E-state index in [0.29, 0.717) is 18.3 Å². The molecule has 0 bridgehead atoms. The first-order valence-corrected chi connectivity index (χ1v) is 5.68. The number of furan rings is 1. The summed E-state index contributed by atoms with van der Waals surface area (Å²) in [6.07, 6.45) is 2.46. The molecule has 1 unspecified atom stereocenters. The van der Waals surface area contributed by atoms with Crippen LogP contribution < -0.4 is 5.32 Å². The van der Waals surface area contributed by atoms with Crippen LogP contribution in [0, 0.1) is 11.3 Å². The van der Waals surface area contributed by atoms with E-state index < -0.39 is 0 Å². The Kier molecular flexibility index (Phi) is 3.60. The summed E-state index contributed by atoms with van der Waals surface area (Å²) in [5.41, 5.74) is 0. The Hall–Kier alpha value is -1.31. The molecule has 86 valence electrons. The predicted molar refractivity (Wildman–Crippen MR) is 60.8 cm³/mol. The number of nitriles is 1. The van der Waals surface area contributed by atoms with E-state index in [-0.39, 0.29) is 0 Å². The Bertz CT molecular complexity index is 380. The fourth-order valence-corrected chi connectivity index (χ4v) is 2.11. The third-order valence-corrected chi connectivity index (χ3v) is 2.96. The fraction of sp³-hybridized carbons (Fsp3) is 0.583. The van der Waals surface area contributed by atoms with Crippen LogP contribution in [0.1, 0.15) is 24.4 Å². The first kappa shape index (κ1) is 11.2. The van der Waals surface area contributed by atoms with Crippen molar-refractivity contribution in [1.29, 1.82) is 5.26 Å². The van der Waals surface area contributed by atoms with E-state index in [1.807, 2.05) is 12.1 Å². The highest BCUT2D eigenvalue weighted by atomic mass is 16.3. The largest absolute Gasteiger partial charge is 0.449 e. The molecule has 4 heteroatoms. The molecule has 0 aliphatic carbocycles. The summed E-state index contributed by atoms with van der Waals surface area (Å²) in [5.74, 6) is 1.22. The first-order valence-electron chi connectivity index (χ1n) is 5.68. The summed E-state index contributed by atoms with van der Waals surface area (Å²) in [6, 6.07) is 6.10. The van der Waals surface area contributed by atoms with Gasteiger partial charge in [-0.05, 0) is 38.6 Å². The average Bonchev–Trinajstić information content (AvgIpc) is 2.74. The lowest BCUT2D eigenvalue weighted by molar-refractivity contribution is 0.224. The molecule has 0 radical (unpaired) electrons. The highest BCUT2D eigenvalue weighted by Gasteiger charge is 2.16. The Morgan fingerprint density at radius 2 is 2.50 bits per heavy atom. The predicted octanol–water partition coefficient (Wildman–Crippen LogP) is 1.34. The van der Waals surface area contributed by atoms with E-state index in [4.69, 9.17) is 9.68 Å². The van der Waals surface area contributed by atoms with Gasteiger partial charge in [0.15, 0.2) is 0 Å². The minimum atomic E-state index is 0.387. The van der Waals surface area contributed by atoms with Crippen LogP contribution in [0.3, 0.4) is 0 Å². The van der Waals surface area contributed by atoms with Crippen LogP contribution >= 0.6 is 0 Å². The van der Waals surface area contributed by atoms with Crippen LogP contribution in [0.5, 0.6) is 0 Å². The number of hydrogen-bond acceptors (Lipinski definition) is 4. The summed E-state index contributed by atoms with van der Waals surface area (Å²) >= 11 is 0. The quantitative estimate of drug-likeness (QED) is 0.833. The molecule has 2 heterocycles. The smallest absolute Gasteiger partial charge is 0.203 e. The van der Waals surface area contributed by atoms with E-state index in [1.54, 1.807) is 6.07 Å². The van der Waals surface area contributed by atoms with Gasteiger partial charge in [-0.1, -0.05) is 0 Å². The van der Waals surface area contributed by atoms with Crippen LogP contribution in [0.2, 0.25) is 0 Å². The van der Waals surface area contributed by atoms with E-state index in [0.717, 1.165) is 12.3 Å². The van der Waals surface area contributed by atoms with Crippen molar-refractivity contribution in [3.8, 4) is 6.07 Å². The second-order valence-corrected chi connectivity index (χ2v) is 4.36. The molecular weight excluding hydrogens is 202 g/mol. The molecule has 1 aliphatic heterocycles. The van der Waals surface area contributed by atoms with Gasteiger partial charge in [0.25, 0.3) is 0 Å². The van der Waals surface area contributed by atoms with Crippen molar-refractivity contribution in [1.82, 2.24) is 10.2 Å². The Morgan fingerprint density at radius 3 is 3.19 bits per heavy atom. The summed E-state index contributed by atoms with van der Waals surface area (Å²) in [4.78, 5) is 2.34. The molecule has 2 rings (SSSR count). The monoisotopic (exact) mass is 219 g/mol. The maximum atomic E-state index is 8.63. The van der Waals surface area contributed by atoms with Crippen molar-refractivity contribution in [3.05, 3.63) is 23.7 Å². The summed E-state index contributed by atoms with van der Waals surface area (Å²) in [7, 11) is 2.15. The van der Waals surface area contributed by atoms with E-state index in [9.17, 15) is 0 Å². The zero-order valence-corrected chi connectivity index (χ0v) is 9.57. The summed E-state index contributed by atoms with van der Waals surface area (Å²) < 4.78 is 5.31. The third-order valence-electron chi connectivity index (χ3n) is 2.96. The van der Waals surface area contributed by atoms with E-state index in [2.05, 4.69) is 17.3 Å². The van der Waals surface area contributed by atoms with Crippen LogP contribution in [0.15, 0.2) is 16.5 Å². The highest BCUT2D eigenvalue weighted by molar-refractivity contribution is 5.18. The van der Waals surface area contributed by atoms with Crippen LogP contribution in [0.4, 0.5) is 0 Å². The Morgan fingerprint density at radius 1 is 1.62 bits per heavy atom. The molecule has 1 aromatic heterocycles. The van der Waals surface area contributed by atoms with Crippen LogP contribution in [-0.2, 0) is 6.54 Å². The lowest BCUT2D eigenvalue weighted by Gasteiger charge is -2.30. The number of likely N-dealkylation sites (N-methyl/N-ethyl adjacent to an activating group) is 1. The van der Waals surface area contributed by atoms with Gasteiger partial charge in [0, 0.05) is 12.6 Å². The maximum absolute atomic E-state index is 8.63. The molecule has 16 heavy (non-hydrogen) atoms. The second kappa shape index (κ2) is 5.15. The summed E-state index contributed by atoms with van der Waals surface area (Å²) in [5, 5.41) is 12.1. The highest BCUT2D eigenvalue weighted by Crippen LogP contribution is 2.10. The molecule has 1 aliphatic rings. The van der Waals surface area contributed by atoms with Gasteiger partial charge < -0.3 is 14.6 Å². The standard InChI is InChI=1S/C12H17N3O/c1-15-6-2-3-10(9-15)14-8-12-5-4-11(7-13)16-12/h4-5,10,14H,2-3,6,8-9H2,1H3. The normalized spacial score (nSPS) is 21.9. The molecule has 1 N–H and O–H groups in total. The minimum absolute atomic E-state index is 0.387. The minimum Gasteiger partial charge on any atom is -0.449 e. The van der Waals surface area contributed by atoms with E-state index in [1.165, 1.54) is 19.4 Å². The lowest BCUT2D eigenvalue weighted by atomic mass is 10.1. The fourth-order valence-electron chi connectivity index (χ4n) is 2.11. The number of likely N-dealkylation sites (tertiary alicyclic amines) is 1. The van der Waals surface area contributed by atoms with Gasteiger partial charge >= 0.3 is 0 Å². The zero-order valence-electron chi connectivity index (χ0n) is 9.57. The number of piperidine rings is 1.